The van der Waals surface area contributed by atoms with Gasteiger partial charge in [-0.25, -0.2) is 27.3 Å². The molecule has 37 heavy (non-hydrogen) atoms. The van der Waals surface area contributed by atoms with Crippen LogP contribution in [0.2, 0.25) is 5.02 Å². The van der Waals surface area contributed by atoms with Crippen molar-refractivity contribution in [3.63, 3.8) is 0 Å². The largest absolute Gasteiger partial charge is 0.431 e. The van der Waals surface area contributed by atoms with Crippen LogP contribution >= 0.6 is 23.1 Å². The predicted molar refractivity (Wildman–Crippen MR) is 129 cm³/mol. The number of hydrogen-bond acceptors (Lipinski definition) is 8. The number of carbonyl (C=O) groups excluding carboxylic acids is 1. The first-order valence-corrected chi connectivity index (χ1v) is 12.8. The van der Waals surface area contributed by atoms with Gasteiger partial charge in [-0.05, 0) is 47.4 Å². The van der Waals surface area contributed by atoms with E-state index in [9.17, 15) is 36.0 Å². The highest BCUT2D eigenvalue weighted by atomic mass is 35.5. The molecule has 2 heterocycles. The summed E-state index contributed by atoms with van der Waals surface area (Å²) in [5.41, 5.74) is -3.71. The third kappa shape index (κ3) is 5.68. The number of ether oxygens (including phenoxy) is 1. The van der Waals surface area contributed by atoms with Gasteiger partial charge in [0.15, 0.2) is 0 Å². The van der Waals surface area contributed by atoms with Crippen molar-refractivity contribution in [1.82, 2.24) is 18.2 Å². The van der Waals surface area contributed by atoms with E-state index in [-0.39, 0.29) is 27.6 Å². The standard InChI is InChI=1S/C21H14ClF3N4O6S2/c1-28-16(21(23,24)25)9-17(30)29(20(28)32)13-5-6-15-14(8-13)18(26-36-15)35-19(31)27-37(33,34)10-11-3-2-4-12(22)7-11/h2-9H,10H2,1H3,(H,27,31). The van der Waals surface area contributed by atoms with Crippen molar-refractivity contribution < 1.29 is 31.1 Å². The first kappa shape index (κ1) is 26.4. The van der Waals surface area contributed by atoms with Crippen LogP contribution < -0.4 is 20.7 Å². The molecule has 0 spiro atoms. The lowest BCUT2D eigenvalue weighted by molar-refractivity contribution is -0.144. The van der Waals surface area contributed by atoms with E-state index in [0.717, 1.165) is 18.6 Å². The Morgan fingerprint density at radius 3 is 2.57 bits per heavy atom. The lowest BCUT2D eigenvalue weighted by Crippen LogP contribution is -2.40. The van der Waals surface area contributed by atoms with Crippen LogP contribution in [0.25, 0.3) is 15.8 Å². The van der Waals surface area contributed by atoms with Gasteiger partial charge in [0.1, 0.15) is 5.69 Å². The van der Waals surface area contributed by atoms with Gasteiger partial charge in [-0.3, -0.25) is 9.36 Å². The predicted octanol–water partition coefficient (Wildman–Crippen LogP) is 3.44. The molecule has 0 aliphatic rings. The summed E-state index contributed by atoms with van der Waals surface area (Å²) < 4.78 is 75.9. The third-order valence-corrected chi connectivity index (χ3v) is 7.20. The maximum absolute atomic E-state index is 13.1. The Morgan fingerprint density at radius 2 is 1.89 bits per heavy atom. The summed E-state index contributed by atoms with van der Waals surface area (Å²) in [4.78, 5) is 37.2. The average molecular weight is 575 g/mol. The fourth-order valence-corrected chi connectivity index (χ4v) is 5.26. The lowest BCUT2D eigenvalue weighted by atomic mass is 10.2. The number of rotatable bonds is 5. The Balaban J connectivity index is 1.62. The zero-order valence-electron chi connectivity index (χ0n) is 18.4. The fourth-order valence-electron chi connectivity index (χ4n) is 3.37. The van der Waals surface area contributed by atoms with E-state index in [1.54, 1.807) is 16.9 Å². The SMILES string of the molecule is Cn1c(C(F)(F)F)cc(=O)n(-c2ccc3snc(OC(=O)NS(=O)(=O)Cc4cccc(Cl)c4)c3c2)c1=O. The molecule has 4 rings (SSSR count). The first-order valence-electron chi connectivity index (χ1n) is 10.0. The first-order chi connectivity index (χ1) is 17.2. The number of fused-ring (bicyclic) bond motifs is 1. The van der Waals surface area contributed by atoms with Gasteiger partial charge in [0.2, 0.25) is 15.9 Å². The van der Waals surface area contributed by atoms with Crippen molar-refractivity contribution in [3.05, 3.63) is 85.6 Å². The molecule has 0 saturated heterocycles. The number of alkyl halides is 3. The van der Waals surface area contributed by atoms with Crippen LogP contribution in [0.5, 0.6) is 5.88 Å². The summed E-state index contributed by atoms with van der Waals surface area (Å²) in [5.74, 6) is -0.904. The molecule has 0 fully saturated rings. The molecule has 0 aliphatic carbocycles. The molecule has 1 N–H and O–H groups in total. The minimum atomic E-state index is -4.92. The van der Waals surface area contributed by atoms with Gasteiger partial charge in [0.05, 0.1) is 21.5 Å². The molecule has 0 bridgehead atoms. The van der Waals surface area contributed by atoms with E-state index >= 15 is 0 Å². The minimum Gasteiger partial charge on any atom is -0.389 e. The van der Waals surface area contributed by atoms with Gasteiger partial charge in [0.25, 0.3) is 5.56 Å². The number of amides is 1. The van der Waals surface area contributed by atoms with Crippen LogP contribution in [0.1, 0.15) is 11.3 Å². The van der Waals surface area contributed by atoms with Crippen molar-refractivity contribution in [2.45, 2.75) is 11.9 Å². The Bertz CT molecular complexity index is 1760. The molecule has 16 heteroatoms. The Labute approximate surface area is 214 Å². The van der Waals surface area contributed by atoms with Gasteiger partial charge in [0, 0.05) is 18.1 Å². The van der Waals surface area contributed by atoms with E-state index in [4.69, 9.17) is 16.3 Å². The van der Waals surface area contributed by atoms with Gasteiger partial charge < -0.3 is 4.74 Å². The highest BCUT2D eigenvalue weighted by molar-refractivity contribution is 7.89. The Morgan fingerprint density at radius 1 is 1.16 bits per heavy atom. The van der Waals surface area contributed by atoms with Crippen molar-refractivity contribution in [3.8, 4) is 11.6 Å². The number of aromatic nitrogens is 3. The zero-order valence-corrected chi connectivity index (χ0v) is 20.8. The highest BCUT2D eigenvalue weighted by Gasteiger charge is 2.35. The second kappa shape index (κ2) is 9.64. The molecule has 2 aromatic carbocycles. The topological polar surface area (TPSA) is 129 Å². The number of halogens is 4. The number of nitrogens with one attached hydrogen (secondary N) is 1. The van der Waals surface area contributed by atoms with Gasteiger partial charge >= 0.3 is 18.0 Å². The molecule has 0 unspecified atom stereocenters. The Kier molecular flexibility index (Phi) is 6.87. The number of sulfonamides is 1. The second-order valence-electron chi connectivity index (χ2n) is 7.59. The monoisotopic (exact) mass is 574 g/mol. The van der Waals surface area contributed by atoms with Crippen LogP contribution in [0.3, 0.4) is 0 Å². The molecule has 194 valence electrons. The fraction of sp³-hybridized carbons (Fsp3) is 0.143. The van der Waals surface area contributed by atoms with E-state index < -0.39 is 45.0 Å². The highest BCUT2D eigenvalue weighted by Crippen LogP contribution is 2.31. The molecule has 0 radical (unpaired) electrons. The molecule has 0 atom stereocenters. The van der Waals surface area contributed by atoms with Crippen LogP contribution in [0, 0.1) is 0 Å². The summed E-state index contributed by atoms with van der Waals surface area (Å²) in [6.07, 6.45) is -6.29. The number of carbonyl (C=O) groups is 1. The molecule has 4 aromatic rings. The summed E-state index contributed by atoms with van der Waals surface area (Å²) in [7, 11) is -3.31. The van der Waals surface area contributed by atoms with E-state index in [1.165, 1.54) is 30.3 Å². The quantitative estimate of drug-likeness (QED) is 0.386. The minimum absolute atomic E-state index is 0.110. The third-order valence-electron chi connectivity index (χ3n) is 4.96. The van der Waals surface area contributed by atoms with E-state index in [0.29, 0.717) is 19.9 Å². The van der Waals surface area contributed by atoms with Gasteiger partial charge in [-0.2, -0.15) is 17.5 Å². The van der Waals surface area contributed by atoms with E-state index in [2.05, 4.69) is 4.37 Å². The normalized spacial score (nSPS) is 12.0. The summed E-state index contributed by atoms with van der Waals surface area (Å²) in [5, 5.41) is 0.417. The van der Waals surface area contributed by atoms with E-state index in [1.807, 2.05) is 0 Å². The molecular weight excluding hydrogens is 561 g/mol. The van der Waals surface area contributed by atoms with Gasteiger partial charge in [-0.1, -0.05) is 23.7 Å². The Hall–Kier alpha value is -3.69. The molecule has 2 aromatic heterocycles. The van der Waals surface area contributed by atoms with Crippen LogP contribution in [0.4, 0.5) is 18.0 Å². The maximum Gasteiger partial charge on any atom is 0.431 e. The van der Waals surface area contributed by atoms with Crippen molar-refractivity contribution in [2.24, 2.45) is 7.05 Å². The lowest BCUT2D eigenvalue weighted by Gasteiger charge is -2.14. The number of hydrogen-bond donors (Lipinski definition) is 1. The van der Waals surface area contributed by atoms with Crippen LogP contribution in [-0.4, -0.2) is 28.0 Å². The average Bonchev–Trinajstić information content (AvgIpc) is 3.16. The summed E-state index contributed by atoms with van der Waals surface area (Å²) >= 11 is 6.70. The van der Waals surface area contributed by atoms with Gasteiger partial charge in [-0.15, -0.1) is 0 Å². The van der Waals surface area contributed by atoms with Crippen molar-refractivity contribution >= 4 is 49.3 Å². The summed E-state index contributed by atoms with van der Waals surface area (Å²) in [6, 6.07) is 10.2. The van der Waals surface area contributed by atoms with Crippen LogP contribution in [-0.2, 0) is 29.0 Å². The molecule has 0 saturated carbocycles. The molecule has 1 amide bonds. The van der Waals surface area contributed by atoms with Crippen molar-refractivity contribution in [1.29, 1.82) is 0 Å². The smallest absolute Gasteiger partial charge is 0.389 e. The molecule has 0 aliphatic heterocycles. The number of nitrogens with zero attached hydrogens (tertiary/aromatic N) is 3. The van der Waals surface area contributed by atoms with Crippen LogP contribution in [0.15, 0.2) is 58.1 Å². The molecule has 10 nitrogen and oxygen atoms in total. The zero-order chi connectivity index (χ0) is 27.1. The maximum atomic E-state index is 13.1. The molecular formula is C21H14ClF3N4O6S2. The second-order valence-corrected chi connectivity index (χ2v) is 10.6. The summed E-state index contributed by atoms with van der Waals surface area (Å²) in [6.45, 7) is 0. The van der Waals surface area contributed by atoms with Crippen molar-refractivity contribution in [2.75, 3.05) is 0 Å². The number of benzene rings is 2.